The minimum absolute atomic E-state index is 0.00156. The number of nitrogens with zero attached hydrogens (tertiary/aromatic N) is 4. The van der Waals surface area contributed by atoms with Crippen molar-refractivity contribution in [2.75, 3.05) is 18.4 Å². The number of alkyl halides is 3. The van der Waals surface area contributed by atoms with E-state index in [0.717, 1.165) is 16.1 Å². The van der Waals surface area contributed by atoms with Crippen LogP contribution in [-0.2, 0) is 30.5 Å². The second-order valence-corrected chi connectivity index (χ2v) is 11.1. The Morgan fingerprint density at radius 2 is 1.81 bits per heavy atom. The first-order valence-electron chi connectivity index (χ1n) is 13.3. The number of carbonyl (C=O) groups is 1. The number of anilines is 1. The Morgan fingerprint density at radius 1 is 1.12 bits per heavy atom. The molecule has 0 aliphatic heterocycles. The average molecular weight is 670 g/mol. The number of nitrogens with one attached hydrogen (secondary N) is 1. The van der Waals surface area contributed by atoms with Crippen LogP contribution >= 0.6 is 28.1 Å². The molecule has 0 saturated heterocycles. The van der Waals surface area contributed by atoms with Gasteiger partial charge in [-0.1, -0.05) is 42.5 Å². The van der Waals surface area contributed by atoms with E-state index in [0.29, 0.717) is 23.5 Å². The van der Waals surface area contributed by atoms with Crippen LogP contribution in [-0.4, -0.2) is 38.4 Å². The summed E-state index contributed by atoms with van der Waals surface area (Å²) in [5, 5.41) is 12.3. The van der Waals surface area contributed by atoms with Crippen LogP contribution in [0.1, 0.15) is 27.9 Å². The smallest absolute Gasteiger partial charge is 0.344 e. The highest BCUT2D eigenvalue weighted by molar-refractivity contribution is 9.10. The Balaban J connectivity index is 1.55. The van der Waals surface area contributed by atoms with E-state index in [4.69, 9.17) is 23.2 Å². The van der Waals surface area contributed by atoms with Crippen LogP contribution in [0.25, 0.3) is 0 Å². The van der Waals surface area contributed by atoms with Crippen molar-refractivity contribution < 1.29 is 18.0 Å². The van der Waals surface area contributed by atoms with Crippen molar-refractivity contribution in [3.05, 3.63) is 118 Å². The molecule has 1 heterocycles. The maximum absolute atomic E-state index is 13.8. The maximum Gasteiger partial charge on any atom is 0.416 e. The number of imidazole rings is 1. The van der Waals surface area contributed by atoms with Gasteiger partial charge in [0.25, 0.3) is 0 Å². The standard InChI is InChI=1S/C31H28BrF3N6OS/c32-27-7-3-4-8-28(27)39-30(43)40(18-23-5-1-2-6-26(23)31(33,34)35)19-24(15-37)29(42)13-25-16-38-20-41(25)17-22-11-9-21(14-36)10-12-22/h1-12,16,20,24H,13,15,17-19,37H2,(H,39,43)/t24-/m0/s1. The molecule has 222 valence electrons. The highest BCUT2D eigenvalue weighted by Gasteiger charge is 2.34. The van der Waals surface area contributed by atoms with E-state index in [-0.39, 0.29) is 42.5 Å². The zero-order valence-electron chi connectivity index (χ0n) is 22.9. The van der Waals surface area contributed by atoms with Crippen molar-refractivity contribution >= 4 is 44.7 Å². The van der Waals surface area contributed by atoms with Crippen molar-refractivity contribution in [2.45, 2.75) is 25.7 Å². The van der Waals surface area contributed by atoms with Crippen LogP contribution in [0, 0.1) is 17.2 Å². The summed E-state index contributed by atoms with van der Waals surface area (Å²) >= 11 is 9.11. The van der Waals surface area contributed by atoms with E-state index in [1.165, 1.54) is 18.2 Å². The number of benzene rings is 3. The molecular formula is C31H28BrF3N6OS. The van der Waals surface area contributed by atoms with Crippen LogP contribution < -0.4 is 11.1 Å². The maximum atomic E-state index is 13.8. The normalized spacial score (nSPS) is 11.9. The summed E-state index contributed by atoms with van der Waals surface area (Å²) in [6.07, 6.45) is -1.31. The molecule has 0 radical (unpaired) electrons. The predicted octanol–water partition coefficient (Wildman–Crippen LogP) is 6.17. The van der Waals surface area contributed by atoms with Gasteiger partial charge in [0.2, 0.25) is 0 Å². The molecule has 0 fully saturated rings. The number of para-hydroxylation sites is 1. The molecule has 3 N–H and O–H groups in total. The van der Waals surface area contributed by atoms with Gasteiger partial charge in [0.1, 0.15) is 5.78 Å². The van der Waals surface area contributed by atoms with Crippen LogP contribution in [0.2, 0.25) is 0 Å². The summed E-state index contributed by atoms with van der Waals surface area (Å²) in [6.45, 7) is 0.230. The van der Waals surface area contributed by atoms with Crippen molar-refractivity contribution in [3.63, 3.8) is 0 Å². The van der Waals surface area contributed by atoms with Crippen molar-refractivity contribution in [2.24, 2.45) is 11.7 Å². The van der Waals surface area contributed by atoms with Gasteiger partial charge in [-0.3, -0.25) is 4.79 Å². The van der Waals surface area contributed by atoms with E-state index >= 15 is 0 Å². The largest absolute Gasteiger partial charge is 0.416 e. The third kappa shape index (κ3) is 8.50. The number of ketones is 1. The first-order chi connectivity index (χ1) is 20.6. The zero-order chi connectivity index (χ0) is 31.0. The number of thiocarbonyl (C=S) groups is 1. The molecular weight excluding hydrogens is 641 g/mol. The number of halogens is 4. The van der Waals surface area contributed by atoms with Crippen LogP contribution in [0.15, 0.2) is 89.8 Å². The lowest BCUT2D eigenvalue weighted by Crippen LogP contribution is -2.43. The van der Waals surface area contributed by atoms with E-state index in [1.54, 1.807) is 41.7 Å². The number of hydrogen-bond donors (Lipinski definition) is 2. The van der Waals surface area contributed by atoms with Gasteiger partial charge in [-0.15, -0.1) is 0 Å². The molecule has 0 aliphatic rings. The molecule has 0 saturated carbocycles. The van der Waals surface area contributed by atoms with E-state index in [9.17, 15) is 18.0 Å². The van der Waals surface area contributed by atoms with Crippen molar-refractivity contribution in [1.82, 2.24) is 14.5 Å². The van der Waals surface area contributed by atoms with Gasteiger partial charge in [-0.25, -0.2) is 4.98 Å². The number of aromatic nitrogens is 2. The summed E-state index contributed by atoms with van der Waals surface area (Å²) < 4.78 is 44.0. The minimum atomic E-state index is -4.56. The first-order valence-corrected chi connectivity index (χ1v) is 14.5. The number of nitriles is 1. The third-order valence-corrected chi connectivity index (χ3v) is 7.91. The molecule has 43 heavy (non-hydrogen) atoms. The van der Waals surface area contributed by atoms with Crippen LogP contribution in [0.4, 0.5) is 18.9 Å². The highest BCUT2D eigenvalue weighted by Crippen LogP contribution is 2.33. The fourth-order valence-corrected chi connectivity index (χ4v) is 5.17. The topological polar surface area (TPSA) is 100.0 Å². The number of Topliss-reactive ketones (excluding diaryl/α,β-unsaturated/α-hetero) is 1. The predicted molar refractivity (Wildman–Crippen MR) is 166 cm³/mol. The monoisotopic (exact) mass is 668 g/mol. The molecule has 0 bridgehead atoms. The molecule has 0 aliphatic carbocycles. The SMILES string of the molecule is N#Cc1ccc(Cn2cncc2CC(=O)[C@@H](CN)CN(Cc2ccccc2C(F)(F)F)C(=S)Nc2ccccc2Br)cc1. The Bertz CT molecular complexity index is 1620. The Labute approximate surface area is 261 Å². The summed E-state index contributed by atoms with van der Waals surface area (Å²) in [4.78, 5) is 19.3. The lowest BCUT2D eigenvalue weighted by atomic mass is 9.99. The molecule has 1 aromatic heterocycles. The summed E-state index contributed by atoms with van der Waals surface area (Å²) in [6, 6.07) is 21.7. The molecule has 4 aromatic rings. The second kappa shape index (κ2) is 14.4. The van der Waals surface area contributed by atoms with Gasteiger partial charge in [0.15, 0.2) is 5.11 Å². The van der Waals surface area contributed by atoms with Crippen LogP contribution in [0.5, 0.6) is 0 Å². The molecule has 1 atom stereocenters. The minimum Gasteiger partial charge on any atom is -0.344 e. The van der Waals surface area contributed by atoms with Gasteiger partial charge in [-0.2, -0.15) is 18.4 Å². The van der Waals surface area contributed by atoms with E-state index in [2.05, 4.69) is 32.3 Å². The van der Waals surface area contributed by atoms with Crippen molar-refractivity contribution in [1.29, 1.82) is 5.26 Å². The molecule has 4 rings (SSSR count). The highest BCUT2D eigenvalue weighted by atomic mass is 79.9. The molecule has 0 spiro atoms. The van der Waals surface area contributed by atoms with Gasteiger partial charge < -0.3 is 20.5 Å². The van der Waals surface area contributed by atoms with E-state index in [1.807, 2.05) is 28.8 Å². The quantitative estimate of drug-likeness (QED) is 0.184. The molecule has 0 amide bonds. The van der Waals surface area contributed by atoms with Crippen LogP contribution in [0.3, 0.4) is 0 Å². The Hall–Kier alpha value is -4.05. The summed E-state index contributed by atoms with van der Waals surface area (Å²) in [7, 11) is 0. The fraction of sp³-hybridized carbons (Fsp3) is 0.226. The third-order valence-electron chi connectivity index (χ3n) is 6.86. The Kier molecular flexibility index (Phi) is 10.7. The Morgan fingerprint density at radius 3 is 2.49 bits per heavy atom. The van der Waals surface area contributed by atoms with Gasteiger partial charge in [0, 0.05) is 54.9 Å². The number of rotatable bonds is 11. The summed E-state index contributed by atoms with van der Waals surface area (Å²) in [5.74, 6) is -0.919. The molecule has 3 aromatic carbocycles. The first kappa shape index (κ1) is 31.9. The van der Waals surface area contributed by atoms with Crippen molar-refractivity contribution in [3.8, 4) is 6.07 Å². The fourth-order valence-electron chi connectivity index (χ4n) is 4.53. The average Bonchev–Trinajstić information content (AvgIpc) is 3.42. The molecule has 0 unspecified atom stereocenters. The van der Waals surface area contributed by atoms with Gasteiger partial charge in [-0.05, 0) is 69.6 Å². The number of nitrogens with two attached hydrogens (primary N) is 1. The van der Waals surface area contributed by atoms with E-state index < -0.39 is 17.7 Å². The lowest BCUT2D eigenvalue weighted by molar-refractivity contribution is -0.138. The zero-order valence-corrected chi connectivity index (χ0v) is 25.3. The second-order valence-electron chi connectivity index (χ2n) is 9.84. The lowest BCUT2D eigenvalue weighted by Gasteiger charge is -2.30. The van der Waals surface area contributed by atoms with Gasteiger partial charge >= 0.3 is 6.18 Å². The number of carbonyl (C=O) groups excluding carboxylic acids is 1. The molecule has 12 heteroatoms. The number of hydrogen-bond acceptors (Lipinski definition) is 5. The summed E-state index contributed by atoms with van der Waals surface area (Å²) in [5.41, 5.74) is 8.08. The van der Waals surface area contributed by atoms with Gasteiger partial charge in [0.05, 0.1) is 29.2 Å². The molecule has 7 nitrogen and oxygen atoms in total.